The van der Waals surface area contributed by atoms with Gasteiger partial charge in [0, 0.05) is 37.1 Å². The molecule has 0 aromatic heterocycles. The van der Waals surface area contributed by atoms with Crippen LogP contribution in [0.15, 0.2) is 0 Å². The van der Waals surface area contributed by atoms with Gasteiger partial charge >= 0.3 is 0 Å². The molecule has 2 amide bonds. The molecule has 0 saturated carbocycles. The average molecular weight is 285 g/mol. The van der Waals surface area contributed by atoms with E-state index in [0.717, 1.165) is 0 Å². The van der Waals surface area contributed by atoms with Gasteiger partial charge in [0.05, 0.1) is 5.91 Å². The van der Waals surface area contributed by atoms with Crippen LogP contribution in [0.5, 0.6) is 0 Å². The summed E-state index contributed by atoms with van der Waals surface area (Å²) in [6, 6.07) is 0. The van der Waals surface area contributed by atoms with Crippen LogP contribution in [-0.4, -0.2) is 42.0 Å². The minimum atomic E-state index is -2.01. The normalized spacial score (nSPS) is 30.1. The molecule has 16 heavy (non-hydrogen) atoms. The van der Waals surface area contributed by atoms with Gasteiger partial charge in [0.2, 0.25) is 0 Å². The first kappa shape index (κ1) is 13.8. The molecule has 0 aromatic carbocycles. The maximum Gasteiger partial charge on any atom is 0.272 e. The van der Waals surface area contributed by atoms with E-state index in [0.29, 0.717) is 25.9 Å². The summed E-state index contributed by atoms with van der Waals surface area (Å²) in [5.41, 5.74) is -2.55. The van der Waals surface area contributed by atoms with Gasteiger partial charge in [-0.05, 0) is 6.42 Å². The minimum absolute atomic E-state index is 0. The van der Waals surface area contributed by atoms with Gasteiger partial charge in [0.25, 0.3) is 11.5 Å². The SMILES string of the molecule is O=C(C(F)Cl)N1CC[C@]2(CC[N-]C2=O)C1.[V]. The quantitative estimate of drug-likeness (QED) is 0.676. The molecule has 2 heterocycles. The second-order valence-corrected chi connectivity index (χ2v) is 4.41. The van der Waals surface area contributed by atoms with E-state index in [1.165, 1.54) is 4.90 Å². The van der Waals surface area contributed by atoms with E-state index < -0.39 is 17.0 Å². The van der Waals surface area contributed by atoms with Gasteiger partial charge in [0.15, 0.2) is 0 Å². The van der Waals surface area contributed by atoms with Crippen LogP contribution in [0, 0.1) is 5.41 Å². The topological polar surface area (TPSA) is 51.5 Å². The van der Waals surface area contributed by atoms with E-state index in [2.05, 4.69) is 5.32 Å². The summed E-state index contributed by atoms with van der Waals surface area (Å²) in [6.45, 7) is 1.18. The number of hydrogen-bond donors (Lipinski definition) is 0. The summed E-state index contributed by atoms with van der Waals surface area (Å²) in [5, 5.41) is 3.81. The molecule has 0 N–H and O–H groups in total. The zero-order valence-electron chi connectivity index (χ0n) is 8.53. The molecule has 4 nitrogen and oxygen atoms in total. The summed E-state index contributed by atoms with van der Waals surface area (Å²) < 4.78 is 12.6. The Hall–Kier alpha value is -0.256. The Kier molecular flexibility index (Phi) is 4.26. The molecule has 0 bridgehead atoms. The van der Waals surface area contributed by atoms with Crippen molar-refractivity contribution in [1.29, 1.82) is 0 Å². The zero-order chi connectivity index (χ0) is 11.1. The molecule has 89 valence electrons. The van der Waals surface area contributed by atoms with E-state index in [1.54, 1.807) is 0 Å². The largest absolute Gasteiger partial charge is 0.653 e. The molecule has 0 aromatic rings. The molecule has 1 spiro atoms. The smallest absolute Gasteiger partial charge is 0.272 e. The fourth-order valence-electron chi connectivity index (χ4n) is 2.22. The molecule has 2 aliphatic heterocycles. The number of carbonyl (C=O) groups excluding carboxylic acids is 2. The number of likely N-dealkylation sites (tertiary alicyclic amines) is 1. The van der Waals surface area contributed by atoms with Gasteiger partial charge in [0.1, 0.15) is 0 Å². The van der Waals surface area contributed by atoms with Gasteiger partial charge in [-0.15, -0.1) is 6.54 Å². The molecule has 0 aliphatic carbocycles. The Morgan fingerprint density at radius 3 is 2.75 bits per heavy atom. The number of carbonyl (C=O) groups is 2. The third kappa shape index (κ3) is 2.22. The number of alkyl halides is 2. The van der Waals surface area contributed by atoms with Crippen molar-refractivity contribution < 1.29 is 32.5 Å². The predicted molar refractivity (Wildman–Crippen MR) is 52.2 cm³/mol. The molecular weight excluding hydrogens is 274 g/mol. The molecule has 1 radical (unpaired) electrons. The average Bonchev–Trinajstić information content (AvgIpc) is 2.76. The molecule has 2 atom stereocenters. The van der Waals surface area contributed by atoms with Crippen molar-refractivity contribution in [1.82, 2.24) is 4.90 Å². The van der Waals surface area contributed by atoms with Crippen molar-refractivity contribution in [3.8, 4) is 0 Å². The Morgan fingerprint density at radius 1 is 1.56 bits per heavy atom. The molecule has 2 rings (SSSR count). The summed E-state index contributed by atoms with van der Waals surface area (Å²) in [4.78, 5) is 24.1. The number of hydrogen-bond acceptors (Lipinski definition) is 2. The molecule has 2 fully saturated rings. The predicted octanol–water partition coefficient (Wildman–Crippen LogP) is 1.04. The van der Waals surface area contributed by atoms with Gasteiger partial charge < -0.3 is 15.0 Å². The first-order valence-corrected chi connectivity index (χ1v) is 5.28. The first-order valence-electron chi connectivity index (χ1n) is 4.84. The van der Waals surface area contributed by atoms with Crippen molar-refractivity contribution in [3.05, 3.63) is 5.32 Å². The van der Waals surface area contributed by atoms with Gasteiger partial charge in [-0.2, -0.15) is 0 Å². The molecule has 2 saturated heterocycles. The van der Waals surface area contributed by atoms with E-state index in [9.17, 15) is 14.0 Å². The number of amides is 2. The van der Waals surface area contributed by atoms with Gasteiger partial charge in [-0.25, -0.2) is 4.39 Å². The minimum Gasteiger partial charge on any atom is -0.653 e. The van der Waals surface area contributed by atoms with E-state index in [-0.39, 0.29) is 31.0 Å². The van der Waals surface area contributed by atoms with Crippen LogP contribution in [0.25, 0.3) is 5.32 Å². The van der Waals surface area contributed by atoms with Crippen molar-refractivity contribution in [3.63, 3.8) is 0 Å². The van der Waals surface area contributed by atoms with Crippen molar-refractivity contribution >= 4 is 23.4 Å². The Balaban J connectivity index is 0.00000128. The van der Waals surface area contributed by atoms with Gasteiger partial charge in [-0.1, -0.05) is 18.0 Å². The maximum atomic E-state index is 12.6. The van der Waals surface area contributed by atoms with Crippen LogP contribution < -0.4 is 0 Å². The second-order valence-electron chi connectivity index (χ2n) is 4.03. The summed E-state index contributed by atoms with van der Waals surface area (Å²) in [7, 11) is 0. The van der Waals surface area contributed by atoms with Crippen molar-refractivity contribution in [2.45, 2.75) is 18.5 Å². The standard InChI is InChI=1S/C9H12ClFN2O2.V/c10-6(11)7(14)13-4-2-9(5-13)1-3-12-8(9)15;/h6H,1-5H2,(H,12,15);/p-1/t6?,9-;/m1./s1. The molecule has 2 aliphatic rings. The Labute approximate surface area is 110 Å². The summed E-state index contributed by atoms with van der Waals surface area (Å²) >= 11 is 5.07. The van der Waals surface area contributed by atoms with Crippen LogP contribution in [0.1, 0.15) is 12.8 Å². The fraction of sp³-hybridized carbons (Fsp3) is 0.778. The van der Waals surface area contributed by atoms with Crippen molar-refractivity contribution in [2.24, 2.45) is 5.41 Å². The maximum absolute atomic E-state index is 12.6. The van der Waals surface area contributed by atoms with Gasteiger partial charge in [-0.3, -0.25) is 4.79 Å². The van der Waals surface area contributed by atoms with Crippen LogP contribution in [0.4, 0.5) is 4.39 Å². The molecular formula is C9H11ClFN2O2V-. The third-order valence-corrected chi connectivity index (χ3v) is 3.34. The van der Waals surface area contributed by atoms with E-state index in [4.69, 9.17) is 11.6 Å². The summed E-state index contributed by atoms with van der Waals surface area (Å²) in [5.74, 6) is -0.893. The van der Waals surface area contributed by atoms with Crippen LogP contribution >= 0.6 is 11.6 Å². The number of halogens is 2. The fourth-order valence-corrected chi connectivity index (χ4v) is 2.36. The summed E-state index contributed by atoms with van der Waals surface area (Å²) in [6.07, 6.45) is 1.24. The van der Waals surface area contributed by atoms with E-state index >= 15 is 0 Å². The van der Waals surface area contributed by atoms with Crippen LogP contribution in [-0.2, 0) is 28.1 Å². The Morgan fingerprint density at radius 2 is 2.25 bits per heavy atom. The van der Waals surface area contributed by atoms with Crippen LogP contribution in [0.2, 0.25) is 0 Å². The third-order valence-electron chi connectivity index (χ3n) is 3.15. The first-order chi connectivity index (χ1) is 7.05. The van der Waals surface area contributed by atoms with Crippen molar-refractivity contribution in [2.75, 3.05) is 19.6 Å². The zero-order valence-corrected chi connectivity index (χ0v) is 10.7. The van der Waals surface area contributed by atoms with Crippen LogP contribution in [0.3, 0.4) is 0 Å². The molecule has 1 unspecified atom stereocenters. The Bertz CT molecular complexity index is 316. The monoisotopic (exact) mass is 284 g/mol. The number of nitrogens with zero attached hydrogens (tertiary/aromatic N) is 2. The van der Waals surface area contributed by atoms with E-state index in [1.807, 2.05) is 0 Å². The molecule has 7 heteroatoms. The second kappa shape index (κ2) is 4.94. The number of rotatable bonds is 1.